The molecule has 0 spiro atoms. The van der Waals surface area contributed by atoms with Crippen molar-refractivity contribution < 1.29 is 19.1 Å². The summed E-state index contributed by atoms with van der Waals surface area (Å²) >= 11 is 0. The molecule has 1 aromatic rings. The molecule has 0 aromatic heterocycles. The number of hydrazine groups is 1. The van der Waals surface area contributed by atoms with Crippen LogP contribution >= 0.6 is 0 Å². The molecule has 1 aliphatic heterocycles. The number of hydrogen-bond acceptors (Lipinski definition) is 5. The molecule has 1 saturated heterocycles. The van der Waals surface area contributed by atoms with Crippen LogP contribution < -0.4 is 16.5 Å². The summed E-state index contributed by atoms with van der Waals surface area (Å²) < 4.78 is 14.0. The fourth-order valence-electron chi connectivity index (χ4n) is 2.96. The van der Waals surface area contributed by atoms with E-state index in [1.165, 1.54) is 6.07 Å². The predicted molar refractivity (Wildman–Crippen MR) is 86.6 cm³/mol. The zero-order valence-electron chi connectivity index (χ0n) is 13.8. The molecule has 1 amide bonds. The van der Waals surface area contributed by atoms with E-state index in [9.17, 15) is 14.0 Å². The Morgan fingerprint density at radius 2 is 2.21 bits per heavy atom. The number of rotatable bonds is 6. The van der Waals surface area contributed by atoms with Crippen molar-refractivity contribution in [3.63, 3.8) is 0 Å². The Morgan fingerprint density at radius 3 is 2.83 bits per heavy atom. The number of carbonyl (C=O) groups is 2. The second kappa shape index (κ2) is 7.69. The maximum atomic E-state index is 14.0. The monoisotopic (exact) mass is 338 g/mol. The van der Waals surface area contributed by atoms with E-state index in [1.54, 1.807) is 6.07 Å². The fourth-order valence-corrected chi connectivity index (χ4v) is 2.96. The highest BCUT2D eigenvalue weighted by atomic mass is 19.1. The van der Waals surface area contributed by atoms with Crippen molar-refractivity contribution in [2.45, 2.75) is 25.4 Å². The lowest BCUT2D eigenvalue weighted by atomic mass is 9.91. The lowest BCUT2D eigenvalue weighted by Crippen LogP contribution is -2.42. The van der Waals surface area contributed by atoms with E-state index >= 15 is 0 Å². The molecule has 0 radical (unpaired) electrons. The first-order valence-corrected chi connectivity index (χ1v) is 7.86. The van der Waals surface area contributed by atoms with Crippen LogP contribution in [0, 0.1) is 11.7 Å². The first-order chi connectivity index (χ1) is 11.3. The molecule has 7 nitrogen and oxygen atoms in total. The van der Waals surface area contributed by atoms with Crippen LogP contribution in [0.4, 0.5) is 4.39 Å². The summed E-state index contributed by atoms with van der Waals surface area (Å²) in [4.78, 5) is 22.9. The Labute approximate surface area is 140 Å². The molecule has 0 bridgehead atoms. The largest absolute Gasteiger partial charge is 0.480 e. The van der Waals surface area contributed by atoms with Crippen LogP contribution in [0.3, 0.4) is 0 Å². The number of nitrogens with two attached hydrogens (primary N) is 1. The summed E-state index contributed by atoms with van der Waals surface area (Å²) in [7, 11) is 1.89. The third-order valence-electron chi connectivity index (χ3n) is 4.31. The van der Waals surface area contributed by atoms with E-state index in [0.29, 0.717) is 11.5 Å². The van der Waals surface area contributed by atoms with E-state index in [0.717, 1.165) is 19.0 Å². The second-order valence-electron chi connectivity index (χ2n) is 6.01. The molecule has 132 valence electrons. The molecule has 3 atom stereocenters. The number of carbonyl (C=O) groups excluding carboxylic acids is 1. The van der Waals surface area contributed by atoms with Gasteiger partial charge in [-0.1, -0.05) is 13.3 Å². The highest BCUT2D eigenvalue weighted by molar-refractivity contribution is 5.94. The van der Waals surface area contributed by atoms with Crippen molar-refractivity contribution in [1.82, 2.24) is 15.8 Å². The summed E-state index contributed by atoms with van der Waals surface area (Å²) in [6.07, 6.45) is 0.924. The summed E-state index contributed by atoms with van der Waals surface area (Å²) in [5.74, 6) is -1.95. The minimum Gasteiger partial charge on any atom is -0.480 e. The number of benzene rings is 1. The van der Waals surface area contributed by atoms with Crippen molar-refractivity contribution in [1.29, 1.82) is 0 Å². The molecular formula is C16H23FN4O3. The maximum Gasteiger partial charge on any atom is 0.322 e. The standard InChI is InChI=1S/C16H23FN4O3/c1-3-9-7-20-21(2)14(9)10-4-11(6-12(17)5-10)15(22)19-8-13(18)16(23)24/h4-6,9,13-14,20H,3,7-8,18H2,1-2H3,(H,19,22)(H,23,24)/t9?,13-,14?/m1/s1. The van der Waals surface area contributed by atoms with Crippen molar-refractivity contribution in [2.75, 3.05) is 20.1 Å². The zero-order valence-corrected chi connectivity index (χ0v) is 13.8. The van der Waals surface area contributed by atoms with Crippen LogP contribution in [0.5, 0.6) is 0 Å². The summed E-state index contributed by atoms with van der Waals surface area (Å²) in [6, 6.07) is 2.97. The Bertz CT molecular complexity index is 625. The molecule has 1 heterocycles. The Kier molecular flexibility index (Phi) is 5.87. The second-order valence-corrected chi connectivity index (χ2v) is 6.01. The predicted octanol–water partition coefficient (Wildman–Crippen LogP) is 0.485. The van der Waals surface area contributed by atoms with E-state index in [1.807, 2.05) is 12.1 Å². The van der Waals surface area contributed by atoms with E-state index in [4.69, 9.17) is 10.8 Å². The molecule has 5 N–H and O–H groups in total. The highest BCUT2D eigenvalue weighted by Gasteiger charge is 2.32. The van der Waals surface area contributed by atoms with Gasteiger partial charge in [0, 0.05) is 25.7 Å². The summed E-state index contributed by atoms with van der Waals surface area (Å²) in [5.41, 5.74) is 9.43. The summed E-state index contributed by atoms with van der Waals surface area (Å²) in [5, 5.41) is 13.1. The van der Waals surface area contributed by atoms with Crippen LogP contribution in [0.1, 0.15) is 35.3 Å². The average molecular weight is 338 g/mol. The van der Waals surface area contributed by atoms with Gasteiger partial charge in [0.25, 0.3) is 5.91 Å². The van der Waals surface area contributed by atoms with Gasteiger partial charge in [-0.2, -0.15) is 0 Å². The first-order valence-electron chi connectivity index (χ1n) is 7.86. The minimum absolute atomic E-state index is 0.0291. The third-order valence-corrected chi connectivity index (χ3v) is 4.31. The number of amides is 1. The molecule has 0 aliphatic carbocycles. The minimum atomic E-state index is -1.21. The fraction of sp³-hybridized carbons (Fsp3) is 0.500. The van der Waals surface area contributed by atoms with Crippen LogP contribution in [0.15, 0.2) is 18.2 Å². The Morgan fingerprint density at radius 1 is 1.50 bits per heavy atom. The van der Waals surface area contributed by atoms with Crippen molar-refractivity contribution in [3.8, 4) is 0 Å². The molecule has 2 rings (SSSR count). The average Bonchev–Trinajstić information content (AvgIpc) is 2.92. The maximum absolute atomic E-state index is 14.0. The summed E-state index contributed by atoms with van der Waals surface area (Å²) in [6.45, 7) is 2.64. The van der Waals surface area contributed by atoms with Crippen molar-refractivity contribution >= 4 is 11.9 Å². The zero-order chi connectivity index (χ0) is 17.9. The molecule has 1 fully saturated rings. The van der Waals surface area contributed by atoms with Crippen LogP contribution in [-0.4, -0.2) is 48.2 Å². The number of hydrogen-bond donors (Lipinski definition) is 4. The first kappa shape index (κ1) is 18.3. The number of nitrogens with zero attached hydrogens (tertiary/aromatic N) is 1. The van der Waals surface area contributed by atoms with Gasteiger partial charge in [0.15, 0.2) is 0 Å². The highest BCUT2D eigenvalue weighted by Crippen LogP contribution is 2.33. The number of carboxylic acid groups (broad SMARTS) is 1. The van der Waals surface area contributed by atoms with Gasteiger partial charge < -0.3 is 16.2 Å². The Hall–Kier alpha value is -2.03. The van der Waals surface area contributed by atoms with Gasteiger partial charge in [0.05, 0.1) is 6.04 Å². The molecule has 24 heavy (non-hydrogen) atoms. The van der Waals surface area contributed by atoms with Crippen molar-refractivity contribution in [3.05, 3.63) is 35.1 Å². The lowest BCUT2D eigenvalue weighted by molar-refractivity contribution is -0.138. The molecule has 0 saturated carbocycles. The number of halogens is 1. The molecular weight excluding hydrogens is 315 g/mol. The van der Waals surface area contributed by atoms with Crippen LogP contribution in [0.2, 0.25) is 0 Å². The van der Waals surface area contributed by atoms with Crippen LogP contribution in [-0.2, 0) is 4.79 Å². The third kappa shape index (κ3) is 4.08. The van der Waals surface area contributed by atoms with E-state index in [2.05, 4.69) is 17.7 Å². The van der Waals surface area contributed by atoms with E-state index < -0.39 is 23.7 Å². The number of aliphatic carboxylic acids is 1. The number of carboxylic acids is 1. The molecule has 2 unspecified atom stereocenters. The molecule has 1 aliphatic rings. The van der Waals surface area contributed by atoms with Gasteiger partial charge in [-0.25, -0.2) is 9.40 Å². The van der Waals surface area contributed by atoms with Crippen molar-refractivity contribution in [2.24, 2.45) is 11.7 Å². The number of nitrogens with one attached hydrogen (secondary N) is 2. The quantitative estimate of drug-likeness (QED) is 0.601. The van der Waals surface area contributed by atoms with Gasteiger partial charge in [0.1, 0.15) is 11.9 Å². The van der Waals surface area contributed by atoms with Gasteiger partial charge >= 0.3 is 5.97 Å². The molecule has 8 heteroatoms. The Balaban J connectivity index is 2.19. The van der Waals surface area contributed by atoms with Gasteiger partial charge in [-0.3, -0.25) is 15.0 Å². The van der Waals surface area contributed by atoms with Crippen LogP contribution in [0.25, 0.3) is 0 Å². The smallest absolute Gasteiger partial charge is 0.322 e. The molecule has 1 aromatic carbocycles. The van der Waals surface area contributed by atoms with Gasteiger partial charge in [-0.15, -0.1) is 0 Å². The van der Waals surface area contributed by atoms with E-state index in [-0.39, 0.29) is 18.2 Å². The van der Waals surface area contributed by atoms with Gasteiger partial charge in [0.2, 0.25) is 0 Å². The normalized spacial score (nSPS) is 22.3. The van der Waals surface area contributed by atoms with Gasteiger partial charge in [-0.05, 0) is 29.7 Å². The SMILES string of the molecule is CCC1CNN(C)C1c1cc(F)cc(C(=O)NC[C@@H](N)C(=O)O)c1. The topological polar surface area (TPSA) is 108 Å². The lowest BCUT2D eigenvalue weighted by Gasteiger charge is -2.24.